The van der Waals surface area contributed by atoms with Gasteiger partial charge in [0.2, 0.25) is 0 Å². The summed E-state index contributed by atoms with van der Waals surface area (Å²) in [5, 5.41) is 1.81. The summed E-state index contributed by atoms with van der Waals surface area (Å²) in [5.41, 5.74) is 2.22. The topological polar surface area (TPSA) is 32.9 Å². The number of H-pyrrole nitrogens is 1. The van der Waals surface area contributed by atoms with Crippen molar-refractivity contribution >= 4 is 10.8 Å². The molecular formula is C16H21NO. The van der Waals surface area contributed by atoms with Crippen LogP contribution < -0.4 is 5.56 Å². The van der Waals surface area contributed by atoms with Crippen molar-refractivity contribution in [2.24, 2.45) is 0 Å². The van der Waals surface area contributed by atoms with Crippen LogP contribution in [-0.2, 0) is 5.41 Å². The zero-order valence-corrected chi connectivity index (χ0v) is 11.8. The Kier molecular flexibility index (Phi) is 3.05. The summed E-state index contributed by atoms with van der Waals surface area (Å²) in [6, 6.07) is 8.20. The number of nitrogens with one attached hydrogen (secondary N) is 1. The third kappa shape index (κ3) is 2.33. The lowest BCUT2D eigenvalue weighted by atomic mass is 9.90. The van der Waals surface area contributed by atoms with Crippen LogP contribution in [-0.4, -0.2) is 4.98 Å². The molecule has 1 aromatic carbocycles. The quantitative estimate of drug-likeness (QED) is 0.808. The highest BCUT2D eigenvalue weighted by molar-refractivity contribution is 5.82. The Morgan fingerprint density at radius 1 is 1.11 bits per heavy atom. The van der Waals surface area contributed by atoms with Gasteiger partial charge in [-0.25, -0.2) is 0 Å². The second-order valence-corrected chi connectivity index (χ2v) is 6.26. The zero-order valence-electron chi connectivity index (χ0n) is 11.8. The van der Waals surface area contributed by atoms with Gasteiger partial charge in [0.25, 0.3) is 5.56 Å². The van der Waals surface area contributed by atoms with Crippen LogP contribution in [0.25, 0.3) is 10.8 Å². The van der Waals surface area contributed by atoms with Crippen molar-refractivity contribution in [2.45, 2.75) is 46.0 Å². The van der Waals surface area contributed by atoms with Crippen LogP contribution in [0.3, 0.4) is 0 Å². The lowest BCUT2D eigenvalue weighted by Crippen LogP contribution is -2.19. The molecule has 0 aliphatic carbocycles. The Hall–Kier alpha value is -1.57. The van der Waals surface area contributed by atoms with Crippen LogP contribution in [0.4, 0.5) is 0 Å². The van der Waals surface area contributed by atoms with Gasteiger partial charge in [-0.1, -0.05) is 46.8 Å². The minimum atomic E-state index is -0.0405. The van der Waals surface area contributed by atoms with Crippen LogP contribution in [0.5, 0.6) is 0 Å². The maximum atomic E-state index is 12.1. The maximum absolute atomic E-state index is 12.1. The summed E-state index contributed by atoms with van der Waals surface area (Å²) in [6.45, 7) is 10.7. The van der Waals surface area contributed by atoms with E-state index in [1.807, 2.05) is 12.1 Å². The van der Waals surface area contributed by atoms with E-state index in [2.05, 4.69) is 51.7 Å². The fourth-order valence-corrected chi connectivity index (χ4v) is 2.05. The maximum Gasteiger partial charge on any atom is 0.256 e. The molecule has 0 radical (unpaired) electrons. The Morgan fingerprint density at radius 3 is 2.33 bits per heavy atom. The van der Waals surface area contributed by atoms with Gasteiger partial charge < -0.3 is 4.98 Å². The third-order valence-electron chi connectivity index (χ3n) is 3.34. The number of benzene rings is 1. The molecule has 0 fully saturated rings. The molecule has 0 atom stereocenters. The molecule has 0 aliphatic heterocycles. The van der Waals surface area contributed by atoms with Crippen LogP contribution >= 0.6 is 0 Å². The first-order valence-electron chi connectivity index (χ1n) is 6.46. The number of fused-ring (bicyclic) bond motifs is 1. The van der Waals surface area contributed by atoms with Crippen LogP contribution in [0.1, 0.15) is 51.8 Å². The monoisotopic (exact) mass is 243 g/mol. The molecule has 0 saturated heterocycles. The number of hydrogen-bond donors (Lipinski definition) is 1. The fourth-order valence-electron chi connectivity index (χ4n) is 2.05. The second-order valence-electron chi connectivity index (χ2n) is 6.26. The van der Waals surface area contributed by atoms with Crippen LogP contribution in [0.2, 0.25) is 0 Å². The fraction of sp³-hybridized carbons (Fsp3) is 0.438. The first-order chi connectivity index (χ1) is 8.29. The van der Waals surface area contributed by atoms with E-state index in [-0.39, 0.29) is 11.0 Å². The molecule has 1 aromatic heterocycles. The van der Waals surface area contributed by atoms with Gasteiger partial charge in [-0.3, -0.25) is 4.79 Å². The lowest BCUT2D eigenvalue weighted by molar-refractivity contribution is 0.568. The van der Waals surface area contributed by atoms with Gasteiger partial charge in [-0.05, 0) is 29.0 Å². The number of aromatic nitrogens is 1. The molecule has 0 bridgehead atoms. The summed E-state index contributed by atoms with van der Waals surface area (Å²) in [6.07, 6.45) is 0. The predicted molar refractivity (Wildman–Crippen MR) is 77.4 cm³/mol. The van der Waals surface area contributed by atoms with E-state index in [0.29, 0.717) is 5.92 Å². The third-order valence-corrected chi connectivity index (χ3v) is 3.34. The van der Waals surface area contributed by atoms with E-state index in [9.17, 15) is 4.79 Å². The average Bonchev–Trinajstić information content (AvgIpc) is 2.26. The van der Waals surface area contributed by atoms with Crippen LogP contribution in [0.15, 0.2) is 29.1 Å². The van der Waals surface area contributed by atoms with Crippen molar-refractivity contribution in [1.29, 1.82) is 0 Å². The zero-order chi connectivity index (χ0) is 13.5. The first kappa shape index (κ1) is 12.9. The Morgan fingerprint density at radius 2 is 1.78 bits per heavy atom. The van der Waals surface area contributed by atoms with Crippen molar-refractivity contribution < 1.29 is 0 Å². The van der Waals surface area contributed by atoms with Gasteiger partial charge in [-0.2, -0.15) is 0 Å². The average molecular weight is 243 g/mol. The smallest absolute Gasteiger partial charge is 0.256 e. The molecule has 2 rings (SSSR count). The highest BCUT2D eigenvalue weighted by Gasteiger charge is 2.16. The van der Waals surface area contributed by atoms with Gasteiger partial charge in [0.05, 0.1) is 0 Å². The highest BCUT2D eigenvalue weighted by Crippen LogP contribution is 2.24. The summed E-state index contributed by atoms with van der Waals surface area (Å²) >= 11 is 0. The number of pyridine rings is 1. The molecule has 0 amide bonds. The minimum absolute atomic E-state index is 0.00716. The Bertz CT molecular complexity index is 630. The predicted octanol–water partition coefficient (Wildman–Crippen LogP) is 3.95. The van der Waals surface area contributed by atoms with Crippen molar-refractivity contribution in [3.8, 4) is 0 Å². The molecule has 2 aromatic rings. The molecule has 0 unspecified atom stereocenters. The first-order valence-corrected chi connectivity index (χ1v) is 6.46. The molecule has 0 aliphatic rings. The number of aromatic amines is 1. The Balaban J connectivity index is 2.73. The molecule has 1 N–H and O–H groups in total. The number of rotatable bonds is 1. The summed E-state index contributed by atoms with van der Waals surface area (Å²) in [7, 11) is 0. The summed E-state index contributed by atoms with van der Waals surface area (Å²) < 4.78 is 0. The van der Waals surface area contributed by atoms with Gasteiger partial charge in [0.15, 0.2) is 0 Å². The van der Waals surface area contributed by atoms with E-state index in [1.54, 1.807) is 0 Å². The van der Waals surface area contributed by atoms with Crippen molar-refractivity contribution in [1.82, 2.24) is 4.98 Å². The lowest BCUT2D eigenvalue weighted by Gasteiger charge is -2.19. The van der Waals surface area contributed by atoms with E-state index >= 15 is 0 Å². The summed E-state index contributed by atoms with van der Waals surface area (Å²) in [4.78, 5) is 15.1. The van der Waals surface area contributed by atoms with E-state index in [4.69, 9.17) is 0 Å². The van der Waals surface area contributed by atoms with Crippen LogP contribution in [0, 0.1) is 0 Å². The molecular weight excluding hydrogens is 222 g/mol. The van der Waals surface area contributed by atoms with E-state index in [1.165, 1.54) is 5.56 Å². The van der Waals surface area contributed by atoms with Gasteiger partial charge in [0.1, 0.15) is 0 Å². The molecule has 2 heteroatoms. The van der Waals surface area contributed by atoms with Crippen molar-refractivity contribution in [3.05, 3.63) is 45.9 Å². The largest absolute Gasteiger partial charge is 0.325 e. The SMILES string of the molecule is CC(C)c1ccc2c(=O)[nH]c(C(C)(C)C)cc2c1. The normalized spacial score (nSPS) is 12.3. The second kappa shape index (κ2) is 4.27. The van der Waals surface area contributed by atoms with E-state index < -0.39 is 0 Å². The Labute approximate surface area is 108 Å². The molecule has 0 saturated carbocycles. The minimum Gasteiger partial charge on any atom is -0.325 e. The number of hydrogen-bond acceptors (Lipinski definition) is 1. The van der Waals surface area contributed by atoms with Crippen molar-refractivity contribution in [3.63, 3.8) is 0 Å². The molecule has 1 heterocycles. The van der Waals surface area contributed by atoms with Gasteiger partial charge in [-0.15, -0.1) is 0 Å². The van der Waals surface area contributed by atoms with Gasteiger partial charge in [0, 0.05) is 16.5 Å². The molecule has 18 heavy (non-hydrogen) atoms. The molecule has 0 spiro atoms. The molecule has 2 nitrogen and oxygen atoms in total. The van der Waals surface area contributed by atoms with Crippen molar-refractivity contribution in [2.75, 3.05) is 0 Å². The highest BCUT2D eigenvalue weighted by atomic mass is 16.1. The van der Waals surface area contributed by atoms with E-state index in [0.717, 1.165) is 16.5 Å². The van der Waals surface area contributed by atoms with Gasteiger partial charge >= 0.3 is 0 Å². The standard InChI is InChI=1S/C16H21NO/c1-10(2)11-6-7-13-12(8-11)9-14(16(3,4)5)17-15(13)18/h6-10H,1-5H3,(H,17,18). The summed E-state index contributed by atoms with van der Waals surface area (Å²) in [5.74, 6) is 0.478. The molecule has 96 valence electrons.